The number of hydrogen-bond donors (Lipinski definition) is 2. The number of ether oxygens (including phenoxy) is 1. The van der Waals surface area contributed by atoms with Gasteiger partial charge in [0.15, 0.2) is 0 Å². The van der Waals surface area contributed by atoms with E-state index in [0.29, 0.717) is 16.9 Å². The SMILES string of the molecule is CC(C)Oc1cccc(/C(O)=C2/C(=O)C(=O)N(c3ccccc3O)C2c2cccnc2)c1. The third-order valence-electron chi connectivity index (χ3n) is 5.07. The van der Waals surface area contributed by atoms with Gasteiger partial charge in [-0.3, -0.25) is 19.5 Å². The van der Waals surface area contributed by atoms with Crippen molar-refractivity contribution < 1.29 is 24.5 Å². The Kier molecular flexibility index (Phi) is 5.64. The molecule has 0 saturated carbocycles. The number of Topliss-reactive ketones (excluding diaryl/α,β-unsaturated/α-hetero) is 1. The quantitative estimate of drug-likeness (QED) is 0.358. The van der Waals surface area contributed by atoms with Crippen LogP contribution in [0, 0.1) is 0 Å². The van der Waals surface area contributed by atoms with Crippen LogP contribution in [-0.2, 0) is 9.59 Å². The van der Waals surface area contributed by atoms with Crippen molar-refractivity contribution in [2.24, 2.45) is 0 Å². The van der Waals surface area contributed by atoms with Crippen molar-refractivity contribution in [1.29, 1.82) is 0 Å². The number of para-hydroxylation sites is 2. The van der Waals surface area contributed by atoms with Crippen molar-refractivity contribution in [3.05, 3.63) is 89.8 Å². The first-order valence-corrected chi connectivity index (χ1v) is 10.1. The minimum Gasteiger partial charge on any atom is -0.507 e. The molecule has 1 fully saturated rings. The summed E-state index contributed by atoms with van der Waals surface area (Å²) in [6.07, 6.45) is 3.02. The zero-order chi connectivity index (χ0) is 22.8. The highest BCUT2D eigenvalue weighted by Crippen LogP contribution is 2.44. The number of benzene rings is 2. The van der Waals surface area contributed by atoms with E-state index in [-0.39, 0.29) is 28.9 Å². The summed E-state index contributed by atoms with van der Waals surface area (Å²) < 4.78 is 5.69. The average molecular weight is 430 g/mol. The monoisotopic (exact) mass is 430 g/mol. The minimum atomic E-state index is -0.966. The molecule has 2 N–H and O–H groups in total. The van der Waals surface area contributed by atoms with Gasteiger partial charge in [-0.15, -0.1) is 0 Å². The van der Waals surface area contributed by atoms with Gasteiger partial charge in [-0.25, -0.2) is 0 Å². The fourth-order valence-corrected chi connectivity index (χ4v) is 3.75. The molecule has 2 aromatic carbocycles. The summed E-state index contributed by atoms with van der Waals surface area (Å²) in [4.78, 5) is 31.5. The number of aliphatic hydroxyl groups is 1. The summed E-state index contributed by atoms with van der Waals surface area (Å²) in [6.45, 7) is 3.76. The van der Waals surface area contributed by atoms with Crippen LogP contribution in [0.2, 0.25) is 0 Å². The predicted octanol–water partition coefficient (Wildman–Crippen LogP) is 4.20. The lowest BCUT2D eigenvalue weighted by molar-refractivity contribution is -0.132. The van der Waals surface area contributed by atoms with Gasteiger partial charge >= 0.3 is 0 Å². The van der Waals surface area contributed by atoms with Crippen LogP contribution in [0.25, 0.3) is 5.76 Å². The Morgan fingerprint density at radius 2 is 1.84 bits per heavy atom. The van der Waals surface area contributed by atoms with Gasteiger partial charge in [0.2, 0.25) is 0 Å². The second-order valence-corrected chi connectivity index (χ2v) is 7.64. The van der Waals surface area contributed by atoms with Crippen LogP contribution in [0.5, 0.6) is 11.5 Å². The predicted molar refractivity (Wildman–Crippen MR) is 119 cm³/mol. The lowest BCUT2D eigenvalue weighted by Crippen LogP contribution is -2.29. The number of carbonyl (C=O) groups is 2. The summed E-state index contributed by atoms with van der Waals surface area (Å²) in [7, 11) is 0. The molecule has 7 heteroatoms. The topological polar surface area (TPSA) is 100.0 Å². The van der Waals surface area contributed by atoms with E-state index < -0.39 is 17.7 Å². The van der Waals surface area contributed by atoms with Gasteiger partial charge in [0, 0.05) is 18.0 Å². The van der Waals surface area contributed by atoms with Gasteiger partial charge < -0.3 is 14.9 Å². The molecule has 162 valence electrons. The van der Waals surface area contributed by atoms with Crippen molar-refractivity contribution in [3.8, 4) is 11.5 Å². The van der Waals surface area contributed by atoms with Crippen LogP contribution >= 0.6 is 0 Å². The molecular formula is C25H22N2O5. The van der Waals surface area contributed by atoms with Crippen molar-refractivity contribution in [2.45, 2.75) is 26.0 Å². The first-order chi connectivity index (χ1) is 15.4. The highest BCUT2D eigenvalue weighted by atomic mass is 16.5. The van der Waals surface area contributed by atoms with Gasteiger partial charge in [0.05, 0.1) is 23.4 Å². The second kappa shape index (κ2) is 8.55. The maximum Gasteiger partial charge on any atom is 0.300 e. The fraction of sp³-hybridized carbons (Fsp3) is 0.160. The molecule has 1 atom stereocenters. The highest BCUT2D eigenvalue weighted by molar-refractivity contribution is 6.51. The van der Waals surface area contributed by atoms with Crippen molar-refractivity contribution in [1.82, 2.24) is 4.98 Å². The van der Waals surface area contributed by atoms with Gasteiger partial charge in [-0.1, -0.05) is 30.3 Å². The van der Waals surface area contributed by atoms with Crippen LogP contribution in [0.4, 0.5) is 5.69 Å². The number of hydrogen-bond acceptors (Lipinski definition) is 6. The first-order valence-electron chi connectivity index (χ1n) is 10.1. The third kappa shape index (κ3) is 3.80. The van der Waals surface area contributed by atoms with E-state index in [0.717, 1.165) is 0 Å². The molecule has 1 unspecified atom stereocenters. The van der Waals surface area contributed by atoms with Gasteiger partial charge in [0.25, 0.3) is 11.7 Å². The maximum absolute atomic E-state index is 13.1. The third-order valence-corrected chi connectivity index (χ3v) is 5.07. The molecule has 1 amide bonds. The number of aliphatic hydroxyl groups excluding tert-OH is 1. The number of pyridine rings is 1. The van der Waals surface area contributed by atoms with E-state index in [1.54, 1.807) is 60.8 Å². The smallest absolute Gasteiger partial charge is 0.300 e. The number of aromatic nitrogens is 1. The van der Waals surface area contributed by atoms with Gasteiger partial charge in [-0.05, 0) is 49.7 Å². The number of amides is 1. The number of ketones is 1. The molecule has 1 saturated heterocycles. The fourth-order valence-electron chi connectivity index (χ4n) is 3.75. The molecule has 7 nitrogen and oxygen atoms in total. The van der Waals surface area contributed by atoms with E-state index in [9.17, 15) is 19.8 Å². The molecule has 1 aromatic heterocycles. The lowest BCUT2D eigenvalue weighted by Gasteiger charge is -2.25. The van der Waals surface area contributed by atoms with Crippen LogP contribution in [0.15, 0.2) is 78.6 Å². The number of rotatable bonds is 5. The van der Waals surface area contributed by atoms with Crippen LogP contribution < -0.4 is 9.64 Å². The average Bonchev–Trinajstić information content (AvgIpc) is 3.04. The Hall–Kier alpha value is -4.13. The number of aromatic hydroxyl groups is 1. The van der Waals surface area contributed by atoms with Gasteiger partial charge in [-0.2, -0.15) is 0 Å². The Balaban J connectivity index is 1.91. The number of phenolic OH excluding ortho intramolecular Hbond substituents is 1. The van der Waals surface area contributed by atoms with E-state index in [4.69, 9.17) is 4.74 Å². The Labute approximate surface area is 185 Å². The van der Waals surface area contributed by atoms with Crippen LogP contribution in [0.1, 0.15) is 31.0 Å². The minimum absolute atomic E-state index is 0.0746. The summed E-state index contributed by atoms with van der Waals surface area (Å²) in [6, 6.07) is 15.4. The van der Waals surface area contributed by atoms with Crippen molar-refractivity contribution in [3.63, 3.8) is 0 Å². The number of phenols is 1. The normalized spacial score (nSPS) is 17.7. The van der Waals surface area contributed by atoms with Crippen molar-refractivity contribution >= 4 is 23.1 Å². The largest absolute Gasteiger partial charge is 0.507 e. The Bertz CT molecular complexity index is 1200. The molecule has 0 radical (unpaired) electrons. The Morgan fingerprint density at radius 3 is 2.53 bits per heavy atom. The van der Waals surface area contributed by atoms with E-state index in [1.807, 2.05) is 13.8 Å². The highest BCUT2D eigenvalue weighted by Gasteiger charge is 2.47. The number of carbonyl (C=O) groups excluding carboxylic acids is 2. The maximum atomic E-state index is 13.1. The summed E-state index contributed by atoms with van der Waals surface area (Å²) in [5, 5.41) is 21.6. The zero-order valence-corrected chi connectivity index (χ0v) is 17.6. The van der Waals surface area contributed by atoms with Crippen LogP contribution in [-0.4, -0.2) is 33.0 Å². The van der Waals surface area contributed by atoms with E-state index in [2.05, 4.69) is 4.98 Å². The first kappa shape index (κ1) is 21.1. The molecule has 1 aliphatic rings. The number of anilines is 1. The molecule has 3 aromatic rings. The molecule has 1 aliphatic heterocycles. The lowest BCUT2D eigenvalue weighted by atomic mass is 9.96. The number of nitrogens with zero attached hydrogens (tertiary/aromatic N) is 2. The standard InChI is InChI=1S/C25H22N2O5/c1-15(2)32-18-9-5-7-16(13-18)23(29)21-22(17-8-6-12-26-14-17)27(25(31)24(21)30)19-10-3-4-11-20(19)28/h3-15,22,28-29H,1-2H3/b23-21-. The molecule has 0 aliphatic carbocycles. The van der Waals surface area contributed by atoms with Crippen LogP contribution in [0.3, 0.4) is 0 Å². The second-order valence-electron chi connectivity index (χ2n) is 7.64. The summed E-state index contributed by atoms with van der Waals surface area (Å²) in [5.74, 6) is -1.66. The molecule has 0 spiro atoms. The zero-order valence-electron chi connectivity index (χ0n) is 17.6. The van der Waals surface area contributed by atoms with E-state index in [1.165, 1.54) is 17.2 Å². The summed E-state index contributed by atoms with van der Waals surface area (Å²) >= 11 is 0. The van der Waals surface area contributed by atoms with E-state index >= 15 is 0 Å². The Morgan fingerprint density at radius 1 is 1.06 bits per heavy atom. The molecular weight excluding hydrogens is 408 g/mol. The molecule has 4 rings (SSSR count). The molecule has 32 heavy (non-hydrogen) atoms. The van der Waals surface area contributed by atoms with Crippen molar-refractivity contribution in [2.75, 3.05) is 4.90 Å². The molecule has 2 heterocycles. The summed E-state index contributed by atoms with van der Waals surface area (Å²) in [5.41, 5.74) is 0.936. The van der Waals surface area contributed by atoms with Gasteiger partial charge in [0.1, 0.15) is 17.3 Å². The molecule has 0 bridgehead atoms.